The average molecular weight is 340 g/mol. The number of thiophene rings is 1. The standard InChI is InChI=1S/C14H14BrNO2S/c1-16(9-10-7-8-13(15)19-10)12-6-4-3-5-11(12)14(17)18-2/h3-8H,9H2,1-2H3. The molecule has 0 unspecified atom stereocenters. The Bertz CT molecular complexity index is 582. The van der Waals surface area contributed by atoms with Crippen molar-refractivity contribution in [3.05, 3.63) is 50.6 Å². The van der Waals surface area contributed by atoms with Crippen LogP contribution in [0.25, 0.3) is 0 Å². The second kappa shape index (κ2) is 6.21. The van der Waals surface area contributed by atoms with Crippen molar-refractivity contribution in [2.24, 2.45) is 0 Å². The molecule has 3 nitrogen and oxygen atoms in total. The smallest absolute Gasteiger partial charge is 0.339 e. The normalized spacial score (nSPS) is 10.3. The van der Waals surface area contributed by atoms with Gasteiger partial charge in [0.1, 0.15) is 0 Å². The van der Waals surface area contributed by atoms with Gasteiger partial charge in [0, 0.05) is 11.9 Å². The van der Waals surface area contributed by atoms with Crippen LogP contribution in [0.4, 0.5) is 5.69 Å². The summed E-state index contributed by atoms with van der Waals surface area (Å²) >= 11 is 5.14. The first-order valence-corrected chi connectivity index (χ1v) is 7.35. The van der Waals surface area contributed by atoms with E-state index in [2.05, 4.69) is 22.0 Å². The van der Waals surface area contributed by atoms with Crippen LogP contribution < -0.4 is 4.90 Å². The van der Waals surface area contributed by atoms with Gasteiger partial charge >= 0.3 is 5.97 Å². The van der Waals surface area contributed by atoms with Crippen molar-refractivity contribution in [1.82, 2.24) is 0 Å². The molecule has 1 aromatic carbocycles. The highest BCUT2D eigenvalue weighted by Crippen LogP contribution is 2.26. The van der Waals surface area contributed by atoms with Crippen molar-refractivity contribution in [2.75, 3.05) is 19.1 Å². The summed E-state index contributed by atoms with van der Waals surface area (Å²) in [5, 5.41) is 0. The van der Waals surface area contributed by atoms with Crippen LogP contribution in [0.1, 0.15) is 15.2 Å². The minimum Gasteiger partial charge on any atom is -0.465 e. The van der Waals surface area contributed by atoms with E-state index in [9.17, 15) is 4.79 Å². The van der Waals surface area contributed by atoms with Gasteiger partial charge in [0.15, 0.2) is 0 Å². The van der Waals surface area contributed by atoms with Crippen LogP contribution in [0, 0.1) is 0 Å². The molecule has 2 aromatic rings. The zero-order chi connectivity index (χ0) is 13.8. The fourth-order valence-electron chi connectivity index (χ4n) is 1.84. The van der Waals surface area contributed by atoms with Crippen LogP contribution in [-0.4, -0.2) is 20.1 Å². The van der Waals surface area contributed by atoms with Crippen LogP contribution in [0.15, 0.2) is 40.2 Å². The Labute approximate surface area is 124 Å². The topological polar surface area (TPSA) is 29.5 Å². The van der Waals surface area contributed by atoms with Gasteiger partial charge in [-0.1, -0.05) is 12.1 Å². The number of carbonyl (C=O) groups excluding carboxylic acids is 1. The molecule has 100 valence electrons. The molecule has 0 N–H and O–H groups in total. The molecular formula is C14H14BrNO2S. The molecule has 1 heterocycles. The van der Waals surface area contributed by atoms with Crippen molar-refractivity contribution in [3.63, 3.8) is 0 Å². The SMILES string of the molecule is COC(=O)c1ccccc1N(C)Cc1ccc(Br)s1. The molecule has 5 heteroatoms. The monoisotopic (exact) mass is 339 g/mol. The van der Waals surface area contributed by atoms with Crippen molar-refractivity contribution in [3.8, 4) is 0 Å². The van der Waals surface area contributed by atoms with Crippen molar-refractivity contribution in [2.45, 2.75) is 6.54 Å². The molecule has 0 saturated carbocycles. The van der Waals surface area contributed by atoms with Gasteiger partial charge in [-0.2, -0.15) is 0 Å². The van der Waals surface area contributed by atoms with Crippen LogP contribution in [0.2, 0.25) is 0 Å². The lowest BCUT2D eigenvalue weighted by atomic mass is 10.1. The molecule has 1 aromatic heterocycles. The molecule has 19 heavy (non-hydrogen) atoms. The van der Waals surface area contributed by atoms with Gasteiger partial charge in [-0.15, -0.1) is 11.3 Å². The molecule has 0 aliphatic heterocycles. The summed E-state index contributed by atoms with van der Waals surface area (Å²) in [5.41, 5.74) is 1.46. The molecule has 0 aliphatic rings. The second-order valence-electron chi connectivity index (χ2n) is 4.07. The largest absolute Gasteiger partial charge is 0.465 e. The first kappa shape index (κ1) is 14.1. The number of hydrogen-bond donors (Lipinski definition) is 0. The third-order valence-electron chi connectivity index (χ3n) is 2.74. The fourth-order valence-corrected chi connectivity index (χ4v) is 3.38. The van der Waals surface area contributed by atoms with E-state index in [1.807, 2.05) is 36.2 Å². The summed E-state index contributed by atoms with van der Waals surface area (Å²) in [6.45, 7) is 0.754. The summed E-state index contributed by atoms with van der Waals surface area (Å²) in [6, 6.07) is 11.6. The van der Waals surface area contributed by atoms with Crippen molar-refractivity contribution in [1.29, 1.82) is 0 Å². The first-order chi connectivity index (χ1) is 9.11. The van der Waals surface area contributed by atoms with Gasteiger partial charge in [-0.05, 0) is 40.2 Å². The summed E-state index contributed by atoms with van der Waals surface area (Å²) in [6.07, 6.45) is 0. The van der Waals surface area contributed by atoms with E-state index in [1.165, 1.54) is 12.0 Å². The lowest BCUT2D eigenvalue weighted by Gasteiger charge is -2.20. The Kier molecular flexibility index (Phi) is 4.61. The molecule has 2 rings (SSSR count). The Morgan fingerprint density at radius 1 is 1.32 bits per heavy atom. The minimum absolute atomic E-state index is 0.310. The minimum atomic E-state index is -0.310. The quantitative estimate of drug-likeness (QED) is 0.790. The molecule has 0 atom stereocenters. The number of carbonyl (C=O) groups is 1. The predicted octanol–water partition coefficient (Wildman–Crippen LogP) is 3.93. The zero-order valence-electron chi connectivity index (χ0n) is 10.7. The van der Waals surface area contributed by atoms with Gasteiger partial charge in [0.2, 0.25) is 0 Å². The highest BCUT2D eigenvalue weighted by atomic mass is 79.9. The Balaban J connectivity index is 2.23. The van der Waals surface area contributed by atoms with Crippen LogP contribution in [0.5, 0.6) is 0 Å². The Morgan fingerprint density at radius 3 is 2.68 bits per heavy atom. The summed E-state index contributed by atoms with van der Waals surface area (Å²) < 4.78 is 5.92. The number of rotatable bonds is 4. The Hall–Kier alpha value is -1.33. The third-order valence-corrected chi connectivity index (χ3v) is 4.35. The summed E-state index contributed by atoms with van der Waals surface area (Å²) in [7, 11) is 3.37. The number of para-hydroxylation sites is 1. The van der Waals surface area contributed by atoms with Crippen LogP contribution >= 0.6 is 27.3 Å². The number of hydrogen-bond acceptors (Lipinski definition) is 4. The van der Waals surface area contributed by atoms with Gasteiger partial charge < -0.3 is 9.64 Å². The summed E-state index contributed by atoms with van der Waals surface area (Å²) in [4.78, 5) is 15.0. The molecule has 0 fully saturated rings. The number of esters is 1. The fraction of sp³-hybridized carbons (Fsp3) is 0.214. The van der Waals surface area contributed by atoms with Crippen molar-refractivity contribution < 1.29 is 9.53 Å². The highest BCUT2D eigenvalue weighted by molar-refractivity contribution is 9.11. The Morgan fingerprint density at radius 2 is 2.05 bits per heavy atom. The maximum Gasteiger partial charge on any atom is 0.339 e. The molecule has 0 aliphatic carbocycles. The number of methoxy groups -OCH3 is 1. The average Bonchev–Trinajstić information content (AvgIpc) is 2.83. The van der Waals surface area contributed by atoms with Crippen molar-refractivity contribution >= 4 is 38.9 Å². The highest BCUT2D eigenvalue weighted by Gasteiger charge is 2.14. The number of nitrogens with zero attached hydrogens (tertiary/aromatic N) is 1. The zero-order valence-corrected chi connectivity index (χ0v) is 13.1. The molecule has 0 bridgehead atoms. The molecule has 0 saturated heterocycles. The predicted molar refractivity (Wildman–Crippen MR) is 81.9 cm³/mol. The second-order valence-corrected chi connectivity index (χ2v) is 6.62. The maximum absolute atomic E-state index is 11.7. The number of anilines is 1. The lowest BCUT2D eigenvalue weighted by molar-refractivity contribution is 0.0601. The van der Waals surface area contributed by atoms with E-state index in [0.29, 0.717) is 5.56 Å². The third kappa shape index (κ3) is 3.36. The van der Waals surface area contributed by atoms with Crippen LogP contribution in [0.3, 0.4) is 0 Å². The van der Waals surface area contributed by atoms with Gasteiger partial charge in [0.25, 0.3) is 0 Å². The van der Waals surface area contributed by atoms with E-state index < -0.39 is 0 Å². The van der Waals surface area contributed by atoms with Crippen LogP contribution in [-0.2, 0) is 11.3 Å². The van der Waals surface area contributed by atoms with Gasteiger partial charge in [0.05, 0.1) is 28.7 Å². The first-order valence-electron chi connectivity index (χ1n) is 5.74. The molecular weight excluding hydrogens is 326 g/mol. The number of benzene rings is 1. The van der Waals surface area contributed by atoms with E-state index in [0.717, 1.165) is 16.0 Å². The van der Waals surface area contributed by atoms with E-state index in [4.69, 9.17) is 4.74 Å². The number of halogens is 1. The van der Waals surface area contributed by atoms with E-state index in [-0.39, 0.29) is 5.97 Å². The molecule has 0 radical (unpaired) electrons. The van der Waals surface area contributed by atoms with Gasteiger partial charge in [-0.25, -0.2) is 4.79 Å². The molecule has 0 spiro atoms. The molecule has 0 amide bonds. The lowest BCUT2D eigenvalue weighted by Crippen LogP contribution is -2.19. The number of ether oxygens (including phenoxy) is 1. The summed E-state index contributed by atoms with van der Waals surface area (Å²) in [5.74, 6) is -0.310. The van der Waals surface area contributed by atoms with E-state index >= 15 is 0 Å². The maximum atomic E-state index is 11.7. The van der Waals surface area contributed by atoms with E-state index in [1.54, 1.807) is 17.4 Å². The van der Waals surface area contributed by atoms with Gasteiger partial charge in [-0.3, -0.25) is 0 Å².